The van der Waals surface area contributed by atoms with Crippen LogP contribution >= 0.6 is 11.6 Å². The monoisotopic (exact) mass is 517 g/mol. The van der Waals surface area contributed by atoms with Crippen molar-refractivity contribution in [1.29, 1.82) is 0 Å². The van der Waals surface area contributed by atoms with E-state index in [0.717, 1.165) is 19.1 Å². The molecule has 184 valence electrons. The summed E-state index contributed by atoms with van der Waals surface area (Å²) >= 11 is 6.17. The van der Waals surface area contributed by atoms with Crippen LogP contribution < -0.4 is 0 Å². The maximum absolute atomic E-state index is 12.9. The second-order valence-corrected chi connectivity index (χ2v) is 11.7. The molecule has 1 aromatic heterocycles. The van der Waals surface area contributed by atoms with Gasteiger partial charge in [-0.15, -0.1) is 0 Å². The predicted octanol–water partition coefficient (Wildman–Crippen LogP) is 2.89. The molecule has 3 heterocycles. The van der Waals surface area contributed by atoms with Crippen LogP contribution in [0.4, 0.5) is 4.79 Å². The van der Waals surface area contributed by atoms with Gasteiger partial charge in [-0.05, 0) is 43.2 Å². The zero-order valence-corrected chi connectivity index (χ0v) is 20.6. The number of benzene rings is 2. The number of nitrogens with one attached hydrogen (secondary N) is 1. The van der Waals surface area contributed by atoms with E-state index in [1.54, 1.807) is 29.2 Å². The van der Waals surface area contributed by atoms with Crippen LogP contribution in [0, 0.1) is 5.41 Å². The van der Waals surface area contributed by atoms with Crippen molar-refractivity contribution in [2.45, 2.75) is 24.3 Å². The number of aromatic amines is 1. The molecule has 2 fully saturated rings. The Morgan fingerprint density at radius 3 is 2.46 bits per heavy atom. The Bertz CT molecular complexity index is 1410. The summed E-state index contributed by atoms with van der Waals surface area (Å²) in [4.78, 5) is 29.0. The minimum atomic E-state index is -3.36. The number of carbonyl (C=O) groups is 2. The summed E-state index contributed by atoms with van der Waals surface area (Å²) in [6.07, 6.45) is 2.25. The third-order valence-electron chi connectivity index (χ3n) is 6.79. The molecule has 35 heavy (non-hydrogen) atoms. The van der Waals surface area contributed by atoms with E-state index in [1.165, 1.54) is 12.1 Å². The van der Waals surface area contributed by atoms with E-state index in [9.17, 15) is 18.0 Å². The first-order chi connectivity index (χ1) is 16.6. The van der Waals surface area contributed by atoms with Gasteiger partial charge in [-0.1, -0.05) is 17.7 Å². The molecule has 2 saturated heterocycles. The Hall–Kier alpha value is -3.18. The quantitative estimate of drug-likeness (QED) is 0.564. The molecule has 0 aliphatic carbocycles. The van der Waals surface area contributed by atoms with Gasteiger partial charge in [-0.2, -0.15) is 15.4 Å². The number of carbonyl (C=O) groups excluding carboxylic acids is 2. The lowest BCUT2D eigenvalue weighted by Gasteiger charge is -2.53. The van der Waals surface area contributed by atoms with Crippen molar-refractivity contribution in [3.05, 3.63) is 52.5 Å². The number of H-pyrrole nitrogens is 1. The summed E-state index contributed by atoms with van der Waals surface area (Å²) in [6, 6.07) is 9.64. The first-order valence-electron chi connectivity index (χ1n) is 11.1. The van der Waals surface area contributed by atoms with Crippen molar-refractivity contribution in [3.63, 3.8) is 0 Å². The molecule has 0 radical (unpaired) electrons. The first-order valence-corrected chi connectivity index (χ1v) is 13.4. The van der Waals surface area contributed by atoms with Gasteiger partial charge in [0.05, 0.1) is 4.90 Å². The molecule has 1 spiro atoms. The van der Waals surface area contributed by atoms with Gasteiger partial charge in [0.25, 0.3) is 5.91 Å². The lowest BCUT2D eigenvalue weighted by Crippen LogP contribution is -2.62. The Balaban J connectivity index is 1.11. The van der Waals surface area contributed by atoms with Gasteiger partial charge in [0.1, 0.15) is 17.6 Å². The number of sulfone groups is 1. The number of ether oxygens (including phenoxy) is 1. The van der Waals surface area contributed by atoms with Gasteiger partial charge in [-0.3, -0.25) is 4.79 Å². The fraction of sp³-hybridized carbons (Fsp3) is 0.391. The van der Waals surface area contributed by atoms with E-state index in [0.29, 0.717) is 48.3 Å². The van der Waals surface area contributed by atoms with E-state index in [-0.39, 0.29) is 27.8 Å². The Morgan fingerprint density at radius 2 is 1.77 bits per heavy atom. The molecule has 10 nitrogen and oxygen atoms in total. The van der Waals surface area contributed by atoms with E-state index in [4.69, 9.17) is 16.3 Å². The fourth-order valence-corrected chi connectivity index (χ4v) is 5.60. The molecule has 5 rings (SSSR count). The van der Waals surface area contributed by atoms with Crippen molar-refractivity contribution >= 4 is 44.5 Å². The number of likely N-dealkylation sites (tertiary alicyclic amines) is 2. The molecule has 1 N–H and O–H groups in total. The molecule has 0 unspecified atom stereocenters. The number of hydrogen-bond acceptors (Lipinski definition) is 7. The number of hydrogen-bond donors (Lipinski definition) is 1. The standard InChI is InChI=1S/C23H24ClN5O5S/c1-35(32,33)17-4-2-16(18(24)11-17)12-34-22(31)28-8-6-23(7-9-28)13-29(14-23)21(30)15-3-5-19-20(10-15)26-27-25-19/h2-5,10-11H,6-9,12-14H2,1H3,(H,25,26,27). The van der Waals surface area contributed by atoms with E-state index in [2.05, 4.69) is 15.4 Å². The molecule has 2 aliphatic heterocycles. The maximum Gasteiger partial charge on any atom is 0.410 e. The molecule has 0 bridgehead atoms. The van der Waals surface area contributed by atoms with Crippen LogP contribution in [-0.4, -0.2) is 78.1 Å². The number of halogens is 1. The SMILES string of the molecule is CS(=O)(=O)c1ccc(COC(=O)N2CCC3(CC2)CN(C(=O)c2ccc4n[nH]nc4c2)C3)c(Cl)c1. The highest BCUT2D eigenvalue weighted by atomic mass is 35.5. The van der Waals surface area contributed by atoms with Crippen LogP contribution in [0.25, 0.3) is 11.0 Å². The summed E-state index contributed by atoms with van der Waals surface area (Å²) in [7, 11) is -3.36. The van der Waals surface area contributed by atoms with Crippen molar-refractivity contribution in [2.24, 2.45) is 5.41 Å². The van der Waals surface area contributed by atoms with Crippen LogP contribution in [0.2, 0.25) is 5.02 Å². The van der Waals surface area contributed by atoms with Crippen molar-refractivity contribution in [3.8, 4) is 0 Å². The van der Waals surface area contributed by atoms with Gasteiger partial charge in [0, 0.05) is 54.0 Å². The normalized spacial score (nSPS) is 17.4. The molecule has 3 aromatic rings. The van der Waals surface area contributed by atoms with Crippen molar-refractivity contribution in [2.75, 3.05) is 32.4 Å². The summed E-state index contributed by atoms with van der Waals surface area (Å²) in [5.41, 5.74) is 2.53. The second-order valence-electron chi connectivity index (χ2n) is 9.26. The van der Waals surface area contributed by atoms with E-state index >= 15 is 0 Å². The van der Waals surface area contributed by atoms with Crippen LogP contribution in [-0.2, 0) is 21.2 Å². The Labute approximate surface area is 207 Å². The summed E-state index contributed by atoms with van der Waals surface area (Å²) in [6.45, 7) is 2.38. The Kier molecular flexibility index (Phi) is 5.92. The molecule has 2 aromatic carbocycles. The average Bonchev–Trinajstić information content (AvgIpc) is 3.28. The average molecular weight is 518 g/mol. The summed E-state index contributed by atoms with van der Waals surface area (Å²) < 4.78 is 28.7. The highest BCUT2D eigenvalue weighted by Gasteiger charge is 2.47. The third kappa shape index (κ3) is 4.70. The van der Waals surface area contributed by atoms with Gasteiger partial charge in [-0.25, -0.2) is 13.2 Å². The molecule has 0 saturated carbocycles. The van der Waals surface area contributed by atoms with Crippen molar-refractivity contribution in [1.82, 2.24) is 25.2 Å². The fourth-order valence-electron chi connectivity index (χ4n) is 4.65. The summed E-state index contributed by atoms with van der Waals surface area (Å²) in [5.74, 6) is -0.0267. The van der Waals surface area contributed by atoms with Crippen LogP contribution in [0.3, 0.4) is 0 Å². The molecular formula is C23H24ClN5O5S. The van der Waals surface area contributed by atoms with Crippen LogP contribution in [0.15, 0.2) is 41.3 Å². The second kappa shape index (κ2) is 8.80. The molecule has 2 amide bonds. The summed E-state index contributed by atoms with van der Waals surface area (Å²) in [5, 5.41) is 10.8. The van der Waals surface area contributed by atoms with E-state index in [1.807, 2.05) is 4.90 Å². The van der Waals surface area contributed by atoms with Gasteiger partial charge < -0.3 is 14.5 Å². The van der Waals surface area contributed by atoms with Gasteiger partial charge in [0.2, 0.25) is 0 Å². The van der Waals surface area contributed by atoms with Crippen molar-refractivity contribution < 1.29 is 22.7 Å². The number of nitrogens with zero attached hydrogens (tertiary/aromatic N) is 4. The lowest BCUT2D eigenvalue weighted by molar-refractivity contribution is -0.0319. The minimum Gasteiger partial charge on any atom is -0.444 e. The number of amides is 2. The molecule has 2 aliphatic rings. The first kappa shape index (κ1) is 23.6. The number of piperidine rings is 1. The zero-order valence-electron chi connectivity index (χ0n) is 19.0. The van der Waals surface area contributed by atoms with Crippen LogP contribution in [0.5, 0.6) is 0 Å². The highest BCUT2D eigenvalue weighted by molar-refractivity contribution is 7.90. The van der Waals surface area contributed by atoms with Crippen LogP contribution in [0.1, 0.15) is 28.8 Å². The number of rotatable bonds is 4. The number of fused-ring (bicyclic) bond motifs is 1. The zero-order chi connectivity index (χ0) is 24.8. The number of aromatic nitrogens is 3. The van der Waals surface area contributed by atoms with Gasteiger partial charge >= 0.3 is 6.09 Å². The highest BCUT2D eigenvalue weighted by Crippen LogP contribution is 2.41. The third-order valence-corrected chi connectivity index (χ3v) is 8.25. The topological polar surface area (TPSA) is 126 Å². The molecule has 12 heteroatoms. The smallest absolute Gasteiger partial charge is 0.410 e. The largest absolute Gasteiger partial charge is 0.444 e. The Morgan fingerprint density at radius 1 is 1.06 bits per heavy atom. The van der Waals surface area contributed by atoms with E-state index < -0.39 is 15.9 Å². The van der Waals surface area contributed by atoms with Gasteiger partial charge in [0.15, 0.2) is 9.84 Å². The maximum atomic E-state index is 12.9. The predicted molar refractivity (Wildman–Crippen MR) is 128 cm³/mol. The lowest BCUT2D eigenvalue weighted by atomic mass is 9.72. The molecular weight excluding hydrogens is 494 g/mol. The molecule has 0 atom stereocenters. The minimum absolute atomic E-state index is 0.0230.